The molecule has 5 nitrogen and oxygen atoms in total. The van der Waals surface area contributed by atoms with E-state index in [2.05, 4.69) is 16.7 Å². The molecule has 1 aliphatic rings. The molecule has 162 valence electrons. The molecule has 0 spiro atoms. The Balaban J connectivity index is 1.90. The van der Waals surface area contributed by atoms with Gasteiger partial charge in [-0.1, -0.05) is 23.7 Å². The third-order valence-corrected chi connectivity index (χ3v) is 6.11. The van der Waals surface area contributed by atoms with Gasteiger partial charge >= 0.3 is 5.97 Å². The van der Waals surface area contributed by atoms with Crippen molar-refractivity contribution in [1.29, 1.82) is 0 Å². The van der Waals surface area contributed by atoms with Crippen molar-refractivity contribution < 1.29 is 19.0 Å². The van der Waals surface area contributed by atoms with Crippen molar-refractivity contribution in [3.05, 3.63) is 76.6 Å². The fraction of sp³-hybridized carbons (Fsp3) is 0.320. The minimum Gasteiger partial charge on any atom is -0.493 e. The van der Waals surface area contributed by atoms with Crippen molar-refractivity contribution in [1.82, 2.24) is 4.57 Å². The molecule has 0 saturated heterocycles. The molecule has 6 heteroatoms. The summed E-state index contributed by atoms with van der Waals surface area (Å²) in [6, 6.07) is 15.9. The standard InChI is InChI=1S/C25H26ClNO4/c1-4-31-24(28)14-16-13-19(18-7-5-9-23(29-2)25(18)30-3)20-15-17(26)10-11-22(20)27-12-6-8-21(16)27/h5-12,15-16,19H,4,13-14H2,1-3H3/t16-,19?/m1/s1. The Labute approximate surface area is 187 Å². The smallest absolute Gasteiger partial charge is 0.306 e. The lowest BCUT2D eigenvalue weighted by atomic mass is 9.81. The Morgan fingerprint density at radius 2 is 1.94 bits per heavy atom. The summed E-state index contributed by atoms with van der Waals surface area (Å²) in [4.78, 5) is 12.5. The quantitative estimate of drug-likeness (QED) is 0.461. The van der Waals surface area contributed by atoms with Crippen molar-refractivity contribution in [2.45, 2.75) is 31.6 Å². The average molecular weight is 440 g/mol. The van der Waals surface area contributed by atoms with Crippen molar-refractivity contribution in [2.75, 3.05) is 20.8 Å². The van der Waals surface area contributed by atoms with Crippen LogP contribution in [0.25, 0.3) is 5.69 Å². The van der Waals surface area contributed by atoms with Gasteiger partial charge in [-0.05, 0) is 55.3 Å². The lowest BCUT2D eigenvalue weighted by Crippen LogP contribution is -2.14. The predicted molar refractivity (Wildman–Crippen MR) is 121 cm³/mol. The molecule has 0 amide bonds. The number of rotatable bonds is 6. The first kappa shape index (κ1) is 21.3. The van der Waals surface area contributed by atoms with Gasteiger partial charge in [0.05, 0.1) is 27.2 Å². The molecule has 0 saturated carbocycles. The van der Waals surface area contributed by atoms with E-state index in [0.29, 0.717) is 36.0 Å². The highest BCUT2D eigenvalue weighted by atomic mass is 35.5. The van der Waals surface area contributed by atoms with E-state index < -0.39 is 0 Å². The van der Waals surface area contributed by atoms with E-state index in [1.54, 1.807) is 14.2 Å². The number of methoxy groups -OCH3 is 2. The summed E-state index contributed by atoms with van der Waals surface area (Å²) < 4.78 is 18.8. The third-order valence-electron chi connectivity index (χ3n) is 5.87. The number of hydrogen-bond acceptors (Lipinski definition) is 4. The number of esters is 1. The molecule has 2 heterocycles. The number of ether oxygens (including phenoxy) is 3. The van der Waals surface area contributed by atoms with Gasteiger partial charge in [-0.3, -0.25) is 4.79 Å². The van der Waals surface area contributed by atoms with E-state index in [0.717, 1.165) is 22.5 Å². The molecule has 0 radical (unpaired) electrons. The Morgan fingerprint density at radius 1 is 1.10 bits per heavy atom. The molecule has 4 rings (SSSR count). The fourth-order valence-corrected chi connectivity index (χ4v) is 4.77. The summed E-state index contributed by atoms with van der Waals surface area (Å²) in [5.74, 6) is 1.11. The Hall–Kier alpha value is -2.92. The first-order chi connectivity index (χ1) is 15.1. The SMILES string of the molecule is CCOC(=O)C[C@H]1CC(c2cccc(OC)c2OC)c2cc(Cl)ccc2-n2cccc21. The molecular formula is C25H26ClNO4. The Morgan fingerprint density at radius 3 is 2.68 bits per heavy atom. The number of benzene rings is 2. The number of halogens is 1. The van der Waals surface area contributed by atoms with Crippen LogP contribution in [0, 0.1) is 0 Å². The lowest BCUT2D eigenvalue weighted by molar-refractivity contribution is -0.143. The molecule has 0 aliphatic carbocycles. The predicted octanol–water partition coefficient (Wildman–Crippen LogP) is 5.72. The maximum absolute atomic E-state index is 12.5. The molecule has 2 atom stereocenters. The number of para-hydroxylation sites is 1. The topological polar surface area (TPSA) is 49.7 Å². The second-order valence-corrected chi connectivity index (χ2v) is 8.02. The van der Waals surface area contributed by atoms with Gasteiger partial charge in [-0.25, -0.2) is 0 Å². The maximum atomic E-state index is 12.5. The van der Waals surface area contributed by atoms with Gasteiger partial charge in [0.2, 0.25) is 0 Å². The Bertz CT molecular complexity index is 1090. The molecule has 0 fully saturated rings. The molecule has 1 aliphatic heterocycles. The number of carbonyl (C=O) groups is 1. The molecule has 2 aromatic carbocycles. The number of fused-ring (bicyclic) bond motifs is 3. The van der Waals surface area contributed by atoms with Gasteiger partial charge < -0.3 is 18.8 Å². The molecule has 0 bridgehead atoms. The van der Waals surface area contributed by atoms with Crippen LogP contribution in [0.5, 0.6) is 11.5 Å². The van der Waals surface area contributed by atoms with Crippen LogP contribution in [0.3, 0.4) is 0 Å². The van der Waals surface area contributed by atoms with E-state index >= 15 is 0 Å². The molecule has 1 aromatic heterocycles. The lowest BCUT2D eigenvalue weighted by Gasteiger charge is -2.24. The molecule has 31 heavy (non-hydrogen) atoms. The van der Waals surface area contributed by atoms with Gasteiger partial charge in [-0.15, -0.1) is 0 Å². The summed E-state index contributed by atoms with van der Waals surface area (Å²) in [5.41, 5.74) is 4.22. The van der Waals surface area contributed by atoms with Crippen molar-refractivity contribution >= 4 is 17.6 Å². The maximum Gasteiger partial charge on any atom is 0.306 e. The van der Waals surface area contributed by atoms with Crippen LogP contribution in [-0.4, -0.2) is 31.4 Å². The van der Waals surface area contributed by atoms with Crippen LogP contribution < -0.4 is 9.47 Å². The number of carbonyl (C=O) groups excluding carboxylic acids is 1. The Kier molecular flexibility index (Phi) is 6.23. The summed E-state index contributed by atoms with van der Waals surface area (Å²) >= 11 is 6.44. The third kappa shape index (κ3) is 4.02. The molecule has 3 aromatic rings. The summed E-state index contributed by atoms with van der Waals surface area (Å²) in [6.45, 7) is 2.20. The van der Waals surface area contributed by atoms with Crippen LogP contribution in [0.1, 0.15) is 48.4 Å². The van der Waals surface area contributed by atoms with Crippen molar-refractivity contribution in [2.24, 2.45) is 0 Å². The van der Waals surface area contributed by atoms with E-state index in [1.165, 1.54) is 0 Å². The zero-order valence-electron chi connectivity index (χ0n) is 17.9. The van der Waals surface area contributed by atoms with Crippen LogP contribution in [0.15, 0.2) is 54.7 Å². The first-order valence-corrected chi connectivity index (χ1v) is 10.8. The fourth-order valence-electron chi connectivity index (χ4n) is 4.59. The van der Waals surface area contributed by atoms with E-state index in [9.17, 15) is 4.79 Å². The van der Waals surface area contributed by atoms with Crippen LogP contribution >= 0.6 is 11.6 Å². The second-order valence-electron chi connectivity index (χ2n) is 7.58. The second kappa shape index (κ2) is 9.06. The van der Waals surface area contributed by atoms with E-state index in [-0.39, 0.29) is 17.8 Å². The molecule has 0 N–H and O–H groups in total. The average Bonchev–Trinajstić information content (AvgIpc) is 3.21. The summed E-state index contributed by atoms with van der Waals surface area (Å²) in [6.07, 6.45) is 3.05. The largest absolute Gasteiger partial charge is 0.493 e. The van der Waals surface area contributed by atoms with Gasteiger partial charge in [-0.2, -0.15) is 0 Å². The van der Waals surface area contributed by atoms with E-state index in [4.69, 9.17) is 25.8 Å². The van der Waals surface area contributed by atoms with Crippen LogP contribution in [0.2, 0.25) is 5.02 Å². The van der Waals surface area contributed by atoms with Crippen LogP contribution in [-0.2, 0) is 9.53 Å². The number of hydrogen-bond donors (Lipinski definition) is 0. The van der Waals surface area contributed by atoms with Gasteiger partial charge in [0.25, 0.3) is 0 Å². The van der Waals surface area contributed by atoms with Gasteiger partial charge in [0, 0.05) is 40.0 Å². The van der Waals surface area contributed by atoms with Crippen molar-refractivity contribution in [3.63, 3.8) is 0 Å². The highest BCUT2D eigenvalue weighted by Gasteiger charge is 2.33. The van der Waals surface area contributed by atoms with Crippen molar-refractivity contribution in [3.8, 4) is 17.2 Å². The van der Waals surface area contributed by atoms with Gasteiger partial charge in [0.15, 0.2) is 11.5 Å². The highest BCUT2D eigenvalue weighted by molar-refractivity contribution is 6.30. The minimum atomic E-state index is -0.194. The summed E-state index contributed by atoms with van der Waals surface area (Å²) in [7, 11) is 3.28. The number of aromatic nitrogens is 1. The first-order valence-electron chi connectivity index (χ1n) is 10.4. The zero-order valence-corrected chi connectivity index (χ0v) is 18.7. The van der Waals surface area contributed by atoms with E-state index in [1.807, 2.05) is 49.5 Å². The summed E-state index contributed by atoms with van der Waals surface area (Å²) in [5, 5.41) is 0.670. The molecule has 1 unspecified atom stereocenters. The highest BCUT2D eigenvalue weighted by Crippen LogP contribution is 2.48. The monoisotopic (exact) mass is 439 g/mol. The number of nitrogens with zero attached hydrogens (tertiary/aromatic N) is 1. The molecular weight excluding hydrogens is 414 g/mol. The normalized spacial score (nSPS) is 17.3. The van der Waals surface area contributed by atoms with Crippen LogP contribution in [0.4, 0.5) is 0 Å². The minimum absolute atomic E-state index is 0.0267. The zero-order chi connectivity index (χ0) is 22.0. The van der Waals surface area contributed by atoms with Gasteiger partial charge in [0.1, 0.15) is 0 Å².